The number of carbonyl (C=O) groups excluding carboxylic acids is 2. The molecule has 4 rings (SSSR count). The van der Waals surface area contributed by atoms with E-state index in [1.165, 1.54) is 37.3 Å². The number of methoxy groups -OCH3 is 2. The van der Waals surface area contributed by atoms with Gasteiger partial charge < -0.3 is 19.7 Å². The van der Waals surface area contributed by atoms with Crippen LogP contribution in [0.25, 0.3) is 0 Å². The van der Waals surface area contributed by atoms with Gasteiger partial charge in [-0.05, 0) is 61.7 Å². The van der Waals surface area contributed by atoms with Crippen LogP contribution in [0.3, 0.4) is 0 Å². The van der Waals surface area contributed by atoms with Gasteiger partial charge in [-0.2, -0.15) is 0 Å². The van der Waals surface area contributed by atoms with Crippen molar-refractivity contribution in [3.8, 4) is 11.5 Å². The standard InChI is InChI=1S/C36H41N3O6S/c1-6-37-36(41)32(22-28-13-8-7-9-14-28)38(24-29-15-11-10-12-27(29)3)35(40)25-39(30-18-21-33(44-4)34(23-30)45-5)46(42,43)31-19-16-26(2)17-20-31/h7-21,23,32H,6,22,24-25H2,1-5H3,(H,37,41)/t32-/m0/s1. The van der Waals surface area contributed by atoms with Crippen molar-refractivity contribution in [2.45, 2.75) is 44.7 Å². The fourth-order valence-corrected chi connectivity index (χ4v) is 6.57. The lowest BCUT2D eigenvalue weighted by Crippen LogP contribution is -2.53. The quantitative estimate of drug-likeness (QED) is 0.200. The van der Waals surface area contributed by atoms with E-state index in [1.54, 1.807) is 24.3 Å². The van der Waals surface area contributed by atoms with Crippen molar-refractivity contribution in [2.75, 3.05) is 31.6 Å². The summed E-state index contributed by atoms with van der Waals surface area (Å²) in [6.07, 6.45) is 0.241. The molecule has 46 heavy (non-hydrogen) atoms. The first kappa shape index (κ1) is 34.1. The Hall–Kier alpha value is -4.83. The normalized spacial score (nSPS) is 11.8. The van der Waals surface area contributed by atoms with Crippen LogP contribution in [0.5, 0.6) is 11.5 Å². The molecule has 0 radical (unpaired) electrons. The molecule has 0 unspecified atom stereocenters. The van der Waals surface area contributed by atoms with Gasteiger partial charge in [0.2, 0.25) is 11.8 Å². The Kier molecular flexibility index (Phi) is 11.4. The largest absolute Gasteiger partial charge is 0.493 e. The number of rotatable bonds is 14. The molecule has 1 atom stereocenters. The number of hydrogen-bond donors (Lipinski definition) is 1. The molecule has 0 aliphatic heterocycles. The summed E-state index contributed by atoms with van der Waals surface area (Å²) in [7, 11) is -1.31. The molecule has 4 aromatic carbocycles. The Labute approximate surface area is 271 Å². The average molecular weight is 644 g/mol. The third-order valence-electron chi connectivity index (χ3n) is 7.77. The zero-order chi connectivity index (χ0) is 33.3. The maximum absolute atomic E-state index is 14.6. The Bertz CT molecular complexity index is 1740. The fraction of sp³-hybridized carbons (Fsp3) is 0.278. The summed E-state index contributed by atoms with van der Waals surface area (Å²) in [5, 5.41) is 2.88. The van der Waals surface area contributed by atoms with Gasteiger partial charge in [-0.15, -0.1) is 0 Å². The van der Waals surface area contributed by atoms with Crippen LogP contribution >= 0.6 is 0 Å². The maximum atomic E-state index is 14.6. The number of likely N-dealkylation sites (N-methyl/N-ethyl adjacent to an activating group) is 1. The highest BCUT2D eigenvalue weighted by Crippen LogP contribution is 2.34. The third kappa shape index (κ3) is 8.06. The smallest absolute Gasteiger partial charge is 0.264 e. The van der Waals surface area contributed by atoms with E-state index < -0.39 is 28.5 Å². The molecule has 1 N–H and O–H groups in total. The second kappa shape index (κ2) is 15.4. The van der Waals surface area contributed by atoms with Crippen molar-refractivity contribution >= 4 is 27.5 Å². The molecule has 0 spiro atoms. The first-order valence-corrected chi connectivity index (χ1v) is 16.5. The molecule has 9 nitrogen and oxygen atoms in total. The van der Waals surface area contributed by atoms with E-state index >= 15 is 0 Å². The molecule has 0 saturated carbocycles. The monoisotopic (exact) mass is 643 g/mol. The van der Waals surface area contributed by atoms with Gasteiger partial charge in [0.05, 0.1) is 24.8 Å². The van der Waals surface area contributed by atoms with Crippen LogP contribution in [0, 0.1) is 13.8 Å². The van der Waals surface area contributed by atoms with Crippen LogP contribution in [0.4, 0.5) is 5.69 Å². The number of hydrogen-bond acceptors (Lipinski definition) is 6. The number of carbonyl (C=O) groups is 2. The first-order valence-electron chi connectivity index (χ1n) is 15.1. The number of sulfonamides is 1. The Morgan fingerprint density at radius 2 is 1.48 bits per heavy atom. The second-order valence-electron chi connectivity index (χ2n) is 10.9. The molecule has 2 amide bonds. The maximum Gasteiger partial charge on any atom is 0.264 e. The predicted molar refractivity (Wildman–Crippen MR) is 180 cm³/mol. The van der Waals surface area contributed by atoms with Crippen molar-refractivity contribution in [3.05, 3.63) is 119 Å². The zero-order valence-electron chi connectivity index (χ0n) is 26.9. The zero-order valence-corrected chi connectivity index (χ0v) is 27.7. The number of amides is 2. The first-order chi connectivity index (χ1) is 22.1. The van der Waals surface area contributed by atoms with E-state index in [2.05, 4.69) is 5.32 Å². The summed E-state index contributed by atoms with van der Waals surface area (Å²) in [6.45, 7) is 5.53. The molecule has 0 bridgehead atoms. The summed E-state index contributed by atoms with van der Waals surface area (Å²) in [4.78, 5) is 29.7. The van der Waals surface area contributed by atoms with Gasteiger partial charge in [0.15, 0.2) is 11.5 Å². The molecular formula is C36H41N3O6S. The van der Waals surface area contributed by atoms with Crippen LogP contribution < -0.4 is 19.1 Å². The van der Waals surface area contributed by atoms with Gasteiger partial charge in [-0.25, -0.2) is 8.42 Å². The Morgan fingerprint density at radius 3 is 2.11 bits per heavy atom. The lowest BCUT2D eigenvalue weighted by Gasteiger charge is -2.34. The van der Waals surface area contributed by atoms with E-state index in [-0.39, 0.29) is 29.5 Å². The van der Waals surface area contributed by atoms with E-state index in [9.17, 15) is 18.0 Å². The molecule has 0 fully saturated rings. The van der Waals surface area contributed by atoms with E-state index in [0.717, 1.165) is 26.6 Å². The minimum absolute atomic E-state index is 0.0238. The molecule has 0 saturated heterocycles. The minimum atomic E-state index is -4.25. The number of ether oxygens (including phenoxy) is 2. The SMILES string of the molecule is CCNC(=O)[C@H](Cc1ccccc1)N(Cc1ccccc1C)C(=O)CN(c1ccc(OC)c(OC)c1)S(=O)(=O)c1ccc(C)cc1. The summed E-state index contributed by atoms with van der Waals surface area (Å²) in [6, 6.07) is 27.3. The minimum Gasteiger partial charge on any atom is -0.493 e. The summed E-state index contributed by atoms with van der Waals surface area (Å²) in [5.41, 5.74) is 3.75. The fourth-order valence-electron chi connectivity index (χ4n) is 5.16. The van der Waals surface area contributed by atoms with Crippen molar-refractivity contribution in [1.82, 2.24) is 10.2 Å². The lowest BCUT2D eigenvalue weighted by atomic mass is 10.0. The van der Waals surface area contributed by atoms with Crippen LogP contribution in [-0.2, 0) is 32.6 Å². The Morgan fingerprint density at radius 1 is 0.826 bits per heavy atom. The van der Waals surface area contributed by atoms with E-state index in [1.807, 2.05) is 75.4 Å². The van der Waals surface area contributed by atoms with E-state index in [0.29, 0.717) is 18.0 Å². The van der Waals surface area contributed by atoms with Crippen molar-refractivity contribution < 1.29 is 27.5 Å². The van der Waals surface area contributed by atoms with Crippen molar-refractivity contribution in [3.63, 3.8) is 0 Å². The van der Waals surface area contributed by atoms with Gasteiger partial charge >= 0.3 is 0 Å². The van der Waals surface area contributed by atoms with Gasteiger partial charge in [0.25, 0.3) is 10.0 Å². The Balaban J connectivity index is 1.84. The lowest BCUT2D eigenvalue weighted by molar-refractivity contribution is -0.140. The molecule has 4 aromatic rings. The van der Waals surface area contributed by atoms with Crippen molar-refractivity contribution in [2.24, 2.45) is 0 Å². The number of nitrogens with zero attached hydrogens (tertiary/aromatic N) is 2. The second-order valence-corrected chi connectivity index (χ2v) is 12.8. The molecule has 242 valence electrons. The average Bonchev–Trinajstić information content (AvgIpc) is 3.06. The number of aryl methyl sites for hydroxylation is 2. The highest BCUT2D eigenvalue weighted by molar-refractivity contribution is 7.92. The van der Waals surface area contributed by atoms with Crippen LogP contribution in [0.15, 0.2) is 102 Å². The van der Waals surface area contributed by atoms with E-state index in [4.69, 9.17) is 9.47 Å². The summed E-state index contributed by atoms with van der Waals surface area (Å²) >= 11 is 0. The number of benzene rings is 4. The number of anilines is 1. The summed E-state index contributed by atoms with van der Waals surface area (Å²) < 4.78 is 40.4. The van der Waals surface area contributed by atoms with Crippen LogP contribution in [0.2, 0.25) is 0 Å². The highest BCUT2D eigenvalue weighted by atomic mass is 32.2. The van der Waals surface area contributed by atoms with Gasteiger partial charge in [0.1, 0.15) is 12.6 Å². The predicted octanol–water partition coefficient (Wildman–Crippen LogP) is 5.29. The molecular weight excluding hydrogens is 602 g/mol. The topological polar surface area (TPSA) is 105 Å². The molecule has 0 aromatic heterocycles. The van der Waals surface area contributed by atoms with Gasteiger partial charge in [0, 0.05) is 25.6 Å². The van der Waals surface area contributed by atoms with Crippen LogP contribution in [-0.4, -0.2) is 58.5 Å². The number of nitrogens with one attached hydrogen (secondary N) is 1. The van der Waals surface area contributed by atoms with Crippen molar-refractivity contribution in [1.29, 1.82) is 0 Å². The molecule has 10 heteroatoms. The van der Waals surface area contributed by atoms with Gasteiger partial charge in [-0.3, -0.25) is 13.9 Å². The van der Waals surface area contributed by atoms with Gasteiger partial charge in [-0.1, -0.05) is 72.3 Å². The molecule has 0 aliphatic carbocycles. The summed E-state index contributed by atoms with van der Waals surface area (Å²) in [5.74, 6) is -0.156. The molecule has 0 heterocycles. The molecule has 0 aliphatic rings. The highest BCUT2D eigenvalue weighted by Gasteiger charge is 2.35. The van der Waals surface area contributed by atoms with Crippen LogP contribution in [0.1, 0.15) is 29.2 Å². The third-order valence-corrected chi connectivity index (χ3v) is 9.56.